The van der Waals surface area contributed by atoms with Crippen LogP contribution in [-0.2, 0) is 4.79 Å². The topological polar surface area (TPSA) is 61.9 Å². The Morgan fingerprint density at radius 2 is 1.96 bits per heavy atom. The molecule has 0 saturated carbocycles. The van der Waals surface area contributed by atoms with Gasteiger partial charge in [0.1, 0.15) is 5.75 Å². The van der Waals surface area contributed by atoms with Gasteiger partial charge in [0.05, 0.1) is 13.2 Å². The fraction of sp³-hybridized carbons (Fsp3) is 0.600. The number of urea groups is 1. The van der Waals surface area contributed by atoms with Crippen LogP contribution in [-0.4, -0.2) is 49.6 Å². The molecule has 1 aliphatic rings. The molecule has 0 aromatic heterocycles. The average molecular weight is 361 g/mol. The molecule has 1 atom stereocenters. The van der Waals surface area contributed by atoms with Crippen LogP contribution in [0.5, 0.6) is 5.75 Å². The number of rotatable bonds is 9. The van der Waals surface area contributed by atoms with E-state index in [4.69, 9.17) is 4.74 Å². The van der Waals surface area contributed by atoms with Crippen molar-refractivity contribution >= 4 is 17.6 Å². The van der Waals surface area contributed by atoms with Crippen molar-refractivity contribution in [3.8, 4) is 5.75 Å². The number of amides is 3. The molecule has 1 heterocycles. The highest BCUT2D eigenvalue weighted by Crippen LogP contribution is 2.25. The molecule has 1 fully saturated rings. The second kappa shape index (κ2) is 10.0. The fourth-order valence-electron chi connectivity index (χ4n) is 3.11. The Balaban J connectivity index is 1.97. The molecule has 1 aliphatic heterocycles. The maximum Gasteiger partial charge on any atom is 0.317 e. The van der Waals surface area contributed by atoms with Crippen molar-refractivity contribution in [3.63, 3.8) is 0 Å². The maximum atomic E-state index is 12.6. The zero-order valence-electron chi connectivity index (χ0n) is 16.2. The number of anilines is 1. The molecule has 144 valence electrons. The molecule has 26 heavy (non-hydrogen) atoms. The van der Waals surface area contributed by atoms with Crippen LogP contribution in [0.15, 0.2) is 24.3 Å². The van der Waals surface area contributed by atoms with Gasteiger partial charge >= 0.3 is 6.03 Å². The number of carbonyl (C=O) groups excluding carboxylic acids is 2. The first-order chi connectivity index (χ1) is 12.6. The van der Waals surface area contributed by atoms with Crippen LogP contribution in [0.25, 0.3) is 0 Å². The van der Waals surface area contributed by atoms with Crippen molar-refractivity contribution in [1.82, 2.24) is 10.2 Å². The van der Waals surface area contributed by atoms with Gasteiger partial charge in [-0.05, 0) is 25.0 Å². The number of nitrogens with zero attached hydrogens (tertiary/aromatic N) is 2. The Kier molecular flexibility index (Phi) is 7.75. The van der Waals surface area contributed by atoms with Crippen molar-refractivity contribution in [2.24, 2.45) is 0 Å². The lowest BCUT2D eigenvalue weighted by Gasteiger charge is -2.25. The molecule has 2 rings (SSSR count). The van der Waals surface area contributed by atoms with Gasteiger partial charge in [-0.15, -0.1) is 0 Å². The van der Waals surface area contributed by atoms with E-state index < -0.39 is 0 Å². The standard InChI is InChI=1S/C20H31N3O3/c1-4-6-11-22(12-7-5-2)20(25)21-16-13-19(24)23(15-16)17-9-8-10-18(14-17)26-3/h8-10,14,16H,4-7,11-13,15H2,1-3H3,(H,21,25)/t16-/m0/s1. The van der Waals surface area contributed by atoms with Crippen molar-refractivity contribution in [2.75, 3.05) is 31.6 Å². The first-order valence-electron chi connectivity index (χ1n) is 9.58. The average Bonchev–Trinajstić information content (AvgIpc) is 3.01. The summed E-state index contributed by atoms with van der Waals surface area (Å²) in [5.74, 6) is 0.741. The summed E-state index contributed by atoms with van der Waals surface area (Å²) in [4.78, 5) is 28.6. The normalized spacial score (nSPS) is 16.7. The summed E-state index contributed by atoms with van der Waals surface area (Å²) in [6.45, 7) is 6.27. The number of carbonyl (C=O) groups is 2. The highest BCUT2D eigenvalue weighted by atomic mass is 16.5. The van der Waals surface area contributed by atoms with Gasteiger partial charge in [-0.1, -0.05) is 32.8 Å². The molecule has 6 heteroatoms. The second-order valence-electron chi connectivity index (χ2n) is 6.75. The second-order valence-corrected chi connectivity index (χ2v) is 6.75. The Labute approximate surface area is 156 Å². The van der Waals surface area contributed by atoms with E-state index in [0.717, 1.165) is 44.5 Å². The fourth-order valence-corrected chi connectivity index (χ4v) is 3.11. The molecule has 0 radical (unpaired) electrons. The third-order valence-electron chi connectivity index (χ3n) is 4.67. The van der Waals surface area contributed by atoms with Gasteiger partial charge < -0.3 is 19.9 Å². The third kappa shape index (κ3) is 5.38. The minimum atomic E-state index is -0.160. The Morgan fingerprint density at radius 1 is 1.27 bits per heavy atom. The summed E-state index contributed by atoms with van der Waals surface area (Å²) in [7, 11) is 1.61. The smallest absolute Gasteiger partial charge is 0.317 e. The number of benzene rings is 1. The number of unbranched alkanes of at least 4 members (excludes halogenated alkanes) is 2. The van der Waals surface area contributed by atoms with E-state index >= 15 is 0 Å². The largest absolute Gasteiger partial charge is 0.497 e. The van der Waals surface area contributed by atoms with Crippen molar-refractivity contribution in [2.45, 2.75) is 52.0 Å². The summed E-state index contributed by atoms with van der Waals surface area (Å²) in [6, 6.07) is 7.23. The Hall–Kier alpha value is -2.24. The van der Waals surface area contributed by atoms with Gasteiger partial charge in [-0.3, -0.25) is 4.79 Å². The summed E-state index contributed by atoms with van der Waals surface area (Å²) >= 11 is 0. The summed E-state index contributed by atoms with van der Waals surface area (Å²) in [6.07, 6.45) is 4.44. The molecule has 1 aromatic carbocycles. The predicted molar refractivity (Wildman–Crippen MR) is 104 cm³/mol. The number of ether oxygens (including phenoxy) is 1. The summed E-state index contributed by atoms with van der Waals surface area (Å²) < 4.78 is 5.23. The zero-order valence-corrected chi connectivity index (χ0v) is 16.2. The molecule has 1 saturated heterocycles. The van der Waals surface area contributed by atoms with Crippen molar-refractivity contribution < 1.29 is 14.3 Å². The lowest BCUT2D eigenvalue weighted by atomic mass is 10.2. The molecule has 1 aromatic rings. The molecule has 3 amide bonds. The first kappa shape index (κ1) is 20.1. The zero-order chi connectivity index (χ0) is 18.9. The SMILES string of the molecule is CCCCN(CCCC)C(=O)N[C@H]1CC(=O)N(c2cccc(OC)c2)C1. The quantitative estimate of drug-likeness (QED) is 0.733. The van der Waals surface area contributed by atoms with Gasteiger partial charge in [-0.25, -0.2) is 4.79 Å². The van der Waals surface area contributed by atoms with Crippen LogP contribution in [0.4, 0.5) is 10.5 Å². The summed E-state index contributed by atoms with van der Waals surface area (Å²) in [5.41, 5.74) is 0.805. The van der Waals surface area contributed by atoms with Crippen LogP contribution in [0.1, 0.15) is 46.0 Å². The van der Waals surface area contributed by atoms with E-state index in [1.165, 1.54) is 0 Å². The van der Waals surface area contributed by atoms with E-state index in [0.29, 0.717) is 18.7 Å². The lowest BCUT2D eigenvalue weighted by Crippen LogP contribution is -2.46. The molecular weight excluding hydrogens is 330 g/mol. The molecule has 6 nitrogen and oxygen atoms in total. The van der Waals surface area contributed by atoms with Gasteiger partial charge in [0, 0.05) is 37.8 Å². The number of methoxy groups -OCH3 is 1. The van der Waals surface area contributed by atoms with Gasteiger partial charge in [0.25, 0.3) is 0 Å². The van der Waals surface area contributed by atoms with Gasteiger partial charge in [0.2, 0.25) is 5.91 Å². The molecular formula is C20H31N3O3. The van der Waals surface area contributed by atoms with E-state index in [1.807, 2.05) is 29.2 Å². The molecule has 0 aliphatic carbocycles. The molecule has 0 bridgehead atoms. The van der Waals surface area contributed by atoms with Crippen LogP contribution in [0.2, 0.25) is 0 Å². The first-order valence-corrected chi connectivity index (χ1v) is 9.58. The monoisotopic (exact) mass is 361 g/mol. The van der Waals surface area contributed by atoms with Gasteiger partial charge in [0.15, 0.2) is 0 Å². The van der Waals surface area contributed by atoms with Crippen LogP contribution >= 0.6 is 0 Å². The number of hydrogen-bond donors (Lipinski definition) is 1. The minimum Gasteiger partial charge on any atom is -0.497 e. The number of nitrogens with one attached hydrogen (secondary N) is 1. The highest BCUT2D eigenvalue weighted by Gasteiger charge is 2.32. The molecule has 0 unspecified atom stereocenters. The van der Waals surface area contributed by atoms with Crippen molar-refractivity contribution in [1.29, 1.82) is 0 Å². The minimum absolute atomic E-state index is 0.0252. The Morgan fingerprint density at radius 3 is 2.58 bits per heavy atom. The van der Waals surface area contributed by atoms with Crippen molar-refractivity contribution in [3.05, 3.63) is 24.3 Å². The lowest BCUT2D eigenvalue weighted by molar-refractivity contribution is -0.117. The van der Waals surface area contributed by atoms with Crippen LogP contribution in [0.3, 0.4) is 0 Å². The molecule has 1 N–H and O–H groups in total. The number of hydrogen-bond acceptors (Lipinski definition) is 3. The van der Waals surface area contributed by atoms with Crippen LogP contribution in [0, 0.1) is 0 Å². The van der Waals surface area contributed by atoms with Gasteiger partial charge in [-0.2, -0.15) is 0 Å². The van der Waals surface area contributed by atoms with Crippen LogP contribution < -0.4 is 15.0 Å². The highest BCUT2D eigenvalue weighted by molar-refractivity contribution is 5.97. The maximum absolute atomic E-state index is 12.6. The Bertz CT molecular complexity index is 598. The third-order valence-corrected chi connectivity index (χ3v) is 4.67. The predicted octanol–water partition coefficient (Wildman–Crippen LogP) is 3.41. The summed E-state index contributed by atoms with van der Waals surface area (Å²) in [5, 5.41) is 3.05. The van der Waals surface area contributed by atoms with E-state index in [2.05, 4.69) is 19.2 Å². The molecule has 0 spiro atoms. The van der Waals surface area contributed by atoms with E-state index in [9.17, 15) is 9.59 Å². The van der Waals surface area contributed by atoms with E-state index in [-0.39, 0.29) is 18.0 Å². The van der Waals surface area contributed by atoms with E-state index in [1.54, 1.807) is 12.0 Å².